The highest BCUT2D eigenvalue weighted by Crippen LogP contribution is 2.11. The number of amides is 8. The van der Waals surface area contributed by atoms with Crippen LogP contribution in [0.5, 0.6) is 0 Å². The maximum Gasteiger partial charge on any atom is 0.326 e. The number of aliphatic carboxylic acids is 3. The van der Waals surface area contributed by atoms with Crippen LogP contribution in [-0.4, -0.2) is 192 Å². The first-order valence-electron chi connectivity index (χ1n) is 21.1. The van der Waals surface area contributed by atoms with E-state index in [-0.39, 0.29) is 24.7 Å². The number of aliphatic hydroxyl groups is 5. The summed E-state index contributed by atoms with van der Waals surface area (Å²) in [5.41, 5.74) is 5.53. The summed E-state index contributed by atoms with van der Waals surface area (Å²) in [5, 5.41) is 95.2. The highest BCUT2D eigenvalue weighted by atomic mass is 16.4. The minimum Gasteiger partial charge on any atom is -0.481 e. The largest absolute Gasteiger partial charge is 0.481 e. The molecule has 0 saturated carbocycles. The number of hydrogen-bond acceptors (Lipinski definition) is 17. The zero-order valence-corrected chi connectivity index (χ0v) is 38.2. The Labute approximate surface area is 384 Å². The Morgan fingerprint density at radius 3 is 1.10 bits per heavy atom. The SMILES string of the molecule is CC(C)C[C@H](NC(=O)[C@H](CCC(=O)O)NC(=O)[C@H](CC(C)C)NC(=O)[C@H](CO)NC(=O)[C@@H](NC(=O)[C@@H](NC(=O)[C@H](CO)NC(=O)[C@@H](N)[C@@H](C)O)[C@@H](C)O)[C@@H](C)O)C(=O)N[C@@H](CC(=O)O)C(=O)O. The van der Waals surface area contributed by atoms with Crippen molar-refractivity contribution in [3.8, 4) is 0 Å². The van der Waals surface area contributed by atoms with Crippen LogP contribution in [0.2, 0.25) is 0 Å². The molecule has 0 radical (unpaired) electrons. The third-order valence-corrected chi connectivity index (χ3v) is 9.53. The second-order valence-corrected chi connectivity index (χ2v) is 16.6. The van der Waals surface area contributed by atoms with Gasteiger partial charge in [-0.15, -0.1) is 0 Å². The summed E-state index contributed by atoms with van der Waals surface area (Å²) in [6, 6.07) is -15.7. The summed E-state index contributed by atoms with van der Waals surface area (Å²) in [6.07, 6.45) is -7.39. The van der Waals surface area contributed by atoms with E-state index in [1.54, 1.807) is 27.7 Å². The van der Waals surface area contributed by atoms with E-state index >= 15 is 0 Å². The van der Waals surface area contributed by atoms with E-state index in [1.165, 1.54) is 6.92 Å². The number of carboxylic acids is 3. The Balaban J connectivity index is 6.34. The van der Waals surface area contributed by atoms with E-state index in [4.69, 9.17) is 10.8 Å². The van der Waals surface area contributed by atoms with Gasteiger partial charge in [0.05, 0.1) is 37.9 Å². The molecule has 18 N–H and O–H groups in total. The summed E-state index contributed by atoms with van der Waals surface area (Å²) < 4.78 is 0. The van der Waals surface area contributed by atoms with Crippen molar-refractivity contribution >= 4 is 65.2 Å². The van der Waals surface area contributed by atoms with Crippen LogP contribution in [-0.2, 0) is 52.7 Å². The van der Waals surface area contributed by atoms with Crippen LogP contribution in [0.4, 0.5) is 0 Å². The Bertz CT molecular complexity index is 1740. The van der Waals surface area contributed by atoms with Crippen LogP contribution in [0.25, 0.3) is 0 Å². The van der Waals surface area contributed by atoms with Gasteiger partial charge in [-0.2, -0.15) is 0 Å². The molecule has 0 saturated heterocycles. The predicted molar refractivity (Wildman–Crippen MR) is 228 cm³/mol. The lowest BCUT2D eigenvalue weighted by Crippen LogP contribution is -2.64. The molecule has 0 fully saturated rings. The molecule has 0 aromatic carbocycles. The van der Waals surface area contributed by atoms with Gasteiger partial charge in [-0.05, 0) is 51.9 Å². The monoisotopic (exact) mass is 965 g/mol. The Hall–Kier alpha value is -6.07. The van der Waals surface area contributed by atoms with Crippen LogP contribution in [0, 0.1) is 11.8 Å². The lowest BCUT2D eigenvalue weighted by Gasteiger charge is -2.29. The van der Waals surface area contributed by atoms with Gasteiger partial charge in [0.25, 0.3) is 0 Å². The maximum atomic E-state index is 13.7. The van der Waals surface area contributed by atoms with Crippen molar-refractivity contribution in [2.75, 3.05) is 13.2 Å². The van der Waals surface area contributed by atoms with Gasteiger partial charge in [0.2, 0.25) is 47.3 Å². The van der Waals surface area contributed by atoms with Gasteiger partial charge in [0.15, 0.2) is 0 Å². The van der Waals surface area contributed by atoms with E-state index < -0.39 is 170 Å². The van der Waals surface area contributed by atoms with Crippen LogP contribution < -0.4 is 48.3 Å². The van der Waals surface area contributed by atoms with Gasteiger partial charge >= 0.3 is 17.9 Å². The fourth-order valence-electron chi connectivity index (χ4n) is 5.85. The summed E-state index contributed by atoms with van der Waals surface area (Å²) in [7, 11) is 0. The minimum atomic E-state index is -1.96. The molecule has 0 aromatic rings. The van der Waals surface area contributed by atoms with Gasteiger partial charge in [0, 0.05) is 6.42 Å². The zero-order valence-electron chi connectivity index (χ0n) is 38.2. The smallest absolute Gasteiger partial charge is 0.326 e. The minimum absolute atomic E-state index is 0.123. The molecule has 0 aromatic heterocycles. The molecule has 0 aliphatic rings. The molecule has 0 rings (SSSR count). The summed E-state index contributed by atoms with van der Waals surface area (Å²) in [6.45, 7) is 7.61. The average molecular weight is 966 g/mol. The molecule has 28 heteroatoms. The molecular formula is C39H67N9O19. The molecule has 12 atom stereocenters. The zero-order chi connectivity index (χ0) is 52.0. The lowest BCUT2D eigenvalue weighted by atomic mass is 10.00. The van der Waals surface area contributed by atoms with Crippen LogP contribution in [0.3, 0.4) is 0 Å². The maximum absolute atomic E-state index is 13.7. The van der Waals surface area contributed by atoms with Crippen molar-refractivity contribution < 1.29 is 93.6 Å². The number of carboxylic acid groups (broad SMARTS) is 3. The Morgan fingerprint density at radius 1 is 0.418 bits per heavy atom. The Morgan fingerprint density at radius 2 is 0.746 bits per heavy atom. The number of nitrogens with one attached hydrogen (secondary N) is 8. The molecule has 0 aliphatic carbocycles. The number of nitrogens with two attached hydrogens (primary N) is 1. The Kier molecular flexibility index (Phi) is 26.9. The van der Waals surface area contributed by atoms with Crippen molar-refractivity contribution in [1.82, 2.24) is 42.5 Å². The van der Waals surface area contributed by atoms with Gasteiger partial charge < -0.3 is 89.1 Å². The predicted octanol–water partition coefficient (Wildman–Crippen LogP) is -7.16. The molecular weight excluding hydrogens is 898 g/mol. The van der Waals surface area contributed by atoms with E-state index in [2.05, 4.69) is 37.2 Å². The molecule has 0 bridgehead atoms. The molecule has 67 heavy (non-hydrogen) atoms. The van der Waals surface area contributed by atoms with Crippen molar-refractivity contribution in [2.24, 2.45) is 17.6 Å². The first-order chi connectivity index (χ1) is 31.0. The quantitative estimate of drug-likeness (QED) is 0.0307. The first-order valence-corrected chi connectivity index (χ1v) is 21.1. The molecule has 0 aliphatic heterocycles. The number of carbonyl (C=O) groups is 11. The molecule has 382 valence electrons. The van der Waals surface area contributed by atoms with Crippen molar-refractivity contribution in [3.05, 3.63) is 0 Å². The third kappa shape index (κ3) is 22.3. The van der Waals surface area contributed by atoms with Gasteiger partial charge in [-0.3, -0.25) is 47.9 Å². The van der Waals surface area contributed by atoms with E-state index in [1.807, 2.05) is 5.32 Å². The second-order valence-electron chi connectivity index (χ2n) is 16.6. The van der Waals surface area contributed by atoms with Crippen LogP contribution >= 0.6 is 0 Å². The molecule has 0 spiro atoms. The van der Waals surface area contributed by atoms with Crippen molar-refractivity contribution in [1.29, 1.82) is 0 Å². The average Bonchev–Trinajstić information content (AvgIpc) is 3.21. The second kappa shape index (κ2) is 29.5. The third-order valence-electron chi connectivity index (χ3n) is 9.53. The number of hydrogen-bond donors (Lipinski definition) is 17. The van der Waals surface area contributed by atoms with Crippen LogP contribution in [0.1, 0.15) is 80.6 Å². The van der Waals surface area contributed by atoms with E-state index in [0.29, 0.717) is 0 Å². The standard InChI is InChI=1S/C39H67N9O19/c1-15(2)10-21(32(59)41-20(8-9-26(54)55)31(58)42-22(11-16(3)4)33(60)44-23(39(66)67)12-27(56)57)43-34(61)24(13-49)46-37(64)29(18(6)52)48-38(65)30(19(7)53)47-35(62)25(14-50)45-36(63)28(40)17(5)51/h15-25,28-30,49-53H,8-14,40H2,1-7H3,(H,41,59)(H,42,58)(H,43,61)(H,44,60)(H,45,63)(H,46,64)(H,47,62)(H,48,65)(H,54,55)(H,56,57)(H,66,67)/t17-,18-,19-,20+,21+,22+,23+,24+,25+,28+,29+,30+/m1/s1. The summed E-state index contributed by atoms with van der Waals surface area (Å²) in [4.78, 5) is 140. The topological polar surface area (TPSA) is 472 Å². The number of rotatable bonds is 31. The summed E-state index contributed by atoms with van der Waals surface area (Å²) >= 11 is 0. The van der Waals surface area contributed by atoms with E-state index in [9.17, 15) is 88.5 Å². The highest BCUT2D eigenvalue weighted by molar-refractivity contribution is 5.98. The molecule has 8 amide bonds. The molecule has 0 unspecified atom stereocenters. The molecule has 28 nitrogen and oxygen atoms in total. The number of carbonyl (C=O) groups excluding carboxylic acids is 8. The van der Waals surface area contributed by atoms with Crippen molar-refractivity contribution in [2.45, 2.75) is 153 Å². The van der Waals surface area contributed by atoms with Gasteiger partial charge in [-0.25, -0.2) is 4.79 Å². The van der Waals surface area contributed by atoms with Crippen molar-refractivity contribution in [3.63, 3.8) is 0 Å². The lowest BCUT2D eigenvalue weighted by molar-refractivity contribution is -0.147. The van der Waals surface area contributed by atoms with Crippen LogP contribution in [0.15, 0.2) is 0 Å². The van der Waals surface area contributed by atoms with E-state index in [0.717, 1.165) is 13.8 Å². The molecule has 0 heterocycles. The van der Waals surface area contributed by atoms with Gasteiger partial charge in [0.1, 0.15) is 54.4 Å². The fraction of sp³-hybridized carbons (Fsp3) is 0.718. The normalized spacial score (nSPS) is 16.6. The van der Waals surface area contributed by atoms with Gasteiger partial charge in [-0.1, -0.05) is 27.7 Å². The fourth-order valence-corrected chi connectivity index (χ4v) is 5.85. The number of aliphatic hydroxyl groups excluding tert-OH is 5. The highest BCUT2D eigenvalue weighted by Gasteiger charge is 2.37. The summed E-state index contributed by atoms with van der Waals surface area (Å²) in [5.74, 6) is -14.7. The first kappa shape index (κ1) is 60.9.